The lowest BCUT2D eigenvalue weighted by Gasteiger charge is -2.18. The molecule has 0 spiro atoms. The van der Waals surface area contributed by atoms with E-state index >= 15 is 0 Å². The predicted octanol–water partition coefficient (Wildman–Crippen LogP) is 1.49. The van der Waals surface area contributed by atoms with Crippen LogP contribution in [0.25, 0.3) is 11.2 Å². The van der Waals surface area contributed by atoms with Crippen molar-refractivity contribution < 1.29 is 4.74 Å². The molecule has 1 aliphatic rings. The van der Waals surface area contributed by atoms with Gasteiger partial charge >= 0.3 is 0 Å². The molecule has 0 aliphatic carbocycles. The molecule has 1 saturated heterocycles. The van der Waals surface area contributed by atoms with Crippen LogP contribution < -0.4 is 5.73 Å². The van der Waals surface area contributed by atoms with Gasteiger partial charge in [0, 0.05) is 13.2 Å². The number of imidazole rings is 1. The van der Waals surface area contributed by atoms with E-state index in [2.05, 4.69) is 28.5 Å². The molecule has 98 valence electrons. The lowest BCUT2D eigenvalue weighted by molar-refractivity contribution is 0.108. The van der Waals surface area contributed by atoms with Crippen molar-refractivity contribution in [2.24, 2.45) is 0 Å². The molecule has 18 heavy (non-hydrogen) atoms. The smallest absolute Gasteiger partial charge is 0.202 e. The zero-order valence-corrected chi connectivity index (χ0v) is 11.1. The quantitative estimate of drug-likeness (QED) is 0.875. The standard InChI is InChI=1S/C12H19N5O/c1-4-16-11-10(7(2)15-16)14-12(13)17(11)9-5-6-18-8(9)3/h8-9H,4-6H2,1-3H3,(H2,13,14). The number of anilines is 1. The molecule has 3 heterocycles. The number of aromatic nitrogens is 4. The van der Waals surface area contributed by atoms with E-state index in [-0.39, 0.29) is 12.1 Å². The number of hydrogen-bond acceptors (Lipinski definition) is 4. The molecule has 2 N–H and O–H groups in total. The number of hydrogen-bond donors (Lipinski definition) is 1. The van der Waals surface area contributed by atoms with E-state index in [1.54, 1.807) is 0 Å². The first-order chi connectivity index (χ1) is 8.63. The lowest BCUT2D eigenvalue weighted by Crippen LogP contribution is -2.20. The van der Waals surface area contributed by atoms with E-state index in [0.29, 0.717) is 5.95 Å². The minimum absolute atomic E-state index is 0.171. The van der Waals surface area contributed by atoms with Crippen molar-refractivity contribution in [2.45, 2.75) is 45.9 Å². The summed E-state index contributed by atoms with van der Waals surface area (Å²) in [5.41, 5.74) is 8.96. The highest BCUT2D eigenvalue weighted by Gasteiger charge is 2.30. The molecule has 0 saturated carbocycles. The van der Waals surface area contributed by atoms with Gasteiger partial charge in [0.25, 0.3) is 0 Å². The Morgan fingerprint density at radius 3 is 2.89 bits per heavy atom. The van der Waals surface area contributed by atoms with E-state index < -0.39 is 0 Å². The second kappa shape index (κ2) is 3.98. The third kappa shape index (κ3) is 1.45. The van der Waals surface area contributed by atoms with Crippen LogP contribution >= 0.6 is 0 Å². The van der Waals surface area contributed by atoms with Gasteiger partial charge in [-0.15, -0.1) is 0 Å². The number of nitrogens with zero attached hydrogens (tertiary/aromatic N) is 4. The van der Waals surface area contributed by atoms with Crippen molar-refractivity contribution in [1.29, 1.82) is 0 Å². The topological polar surface area (TPSA) is 70.9 Å². The zero-order valence-electron chi connectivity index (χ0n) is 11.1. The Morgan fingerprint density at radius 1 is 1.50 bits per heavy atom. The lowest BCUT2D eigenvalue weighted by atomic mass is 10.1. The van der Waals surface area contributed by atoms with Gasteiger partial charge in [-0.3, -0.25) is 4.57 Å². The second-order valence-electron chi connectivity index (χ2n) is 4.85. The van der Waals surface area contributed by atoms with Gasteiger partial charge in [-0.25, -0.2) is 9.67 Å². The van der Waals surface area contributed by atoms with E-state index in [0.717, 1.165) is 36.4 Å². The highest BCUT2D eigenvalue weighted by atomic mass is 16.5. The van der Waals surface area contributed by atoms with E-state index in [4.69, 9.17) is 10.5 Å². The molecule has 1 fully saturated rings. The molecule has 1 aliphatic heterocycles. The SMILES string of the molecule is CCn1nc(C)c2nc(N)n(C3CCOC3C)c21. The average molecular weight is 249 g/mol. The number of aryl methyl sites for hydroxylation is 2. The van der Waals surface area contributed by atoms with Crippen molar-refractivity contribution in [1.82, 2.24) is 19.3 Å². The van der Waals surface area contributed by atoms with Crippen molar-refractivity contribution >= 4 is 17.1 Å². The van der Waals surface area contributed by atoms with E-state index in [9.17, 15) is 0 Å². The molecule has 0 radical (unpaired) electrons. The van der Waals surface area contributed by atoms with Crippen molar-refractivity contribution in [3.63, 3.8) is 0 Å². The van der Waals surface area contributed by atoms with Gasteiger partial charge in [0.15, 0.2) is 5.65 Å². The van der Waals surface area contributed by atoms with Gasteiger partial charge in [-0.2, -0.15) is 5.10 Å². The normalized spacial score (nSPS) is 24.2. The summed E-state index contributed by atoms with van der Waals surface area (Å²) in [7, 11) is 0. The maximum absolute atomic E-state index is 6.09. The molecule has 2 aromatic rings. The maximum atomic E-state index is 6.09. The molecule has 6 heteroatoms. The van der Waals surface area contributed by atoms with Crippen molar-refractivity contribution in [2.75, 3.05) is 12.3 Å². The molecular formula is C12H19N5O. The Labute approximate surface area is 106 Å². The number of rotatable bonds is 2. The molecular weight excluding hydrogens is 230 g/mol. The summed E-state index contributed by atoms with van der Waals surface area (Å²) in [4.78, 5) is 4.46. The molecule has 0 bridgehead atoms. The van der Waals surface area contributed by atoms with Crippen LogP contribution in [0.4, 0.5) is 5.95 Å². The first-order valence-electron chi connectivity index (χ1n) is 6.46. The Hall–Kier alpha value is -1.56. The Kier molecular flexibility index (Phi) is 2.55. The maximum Gasteiger partial charge on any atom is 0.202 e. The van der Waals surface area contributed by atoms with Gasteiger partial charge in [-0.1, -0.05) is 0 Å². The summed E-state index contributed by atoms with van der Waals surface area (Å²) in [6.45, 7) is 7.73. The fraction of sp³-hybridized carbons (Fsp3) is 0.667. The van der Waals surface area contributed by atoms with Gasteiger partial charge in [0.05, 0.1) is 17.8 Å². The molecule has 0 amide bonds. The second-order valence-corrected chi connectivity index (χ2v) is 4.85. The minimum Gasteiger partial charge on any atom is -0.376 e. The number of fused-ring (bicyclic) bond motifs is 1. The first-order valence-corrected chi connectivity index (χ1v) is 6.46. The molecule has 2 atom stereocenters. The zero-order chi connectivity index (χ0) is 12.9. The van der Waals surface area contributed by atoms with Crippen molar-refractivity contribution in [3.8, 4) is 0 Å². The summed E-state index contributed by atoms with van der Waals surface area (Å²) in [5.74, 6) is 0.565. The monoisotopic (exact) mass is 249 g/mol. The molecule has 6 nitrogen and oxygen atoms in total. The Balaban J connectivity index is 2.23. The van der Waals surface area contributed by atoms with E-state index in [1.807, 2.05) is 11.6 Å². The van der Waals surface area contributed by atoms with Crippen LogP contribution in [0.15, 0.2) is 0 Å². The van der Waals surface area contributed by atoms with Crippen LogP contribution in [0.2, 0.25) is 0 Å². The molecule has 3 rings (SSSR count). The fourth-order valence-electron chi connectivity index (χ4n) is 2.81. The summed E-state index contributed by atoms with van der Waals surface area (Å²) in [6.07, 6.45) is 1.15. The van der Waals surface area contributed by atoms with Crippen LogP contribution in [-0.2, 0) is 11.3 Å². The summed E-state index contributed by atoms with van der Waals surface area (Å²) >= 11 is 0. The van der Waals surface area contributed by atoms with Crippen LogP contribution in [-0.4, -0.2) is 32.0 Å². The van der Waals surface area contributed by atoms with Gasteiger partial charge in [0.2, 0.25) is 5.95 Å². The number of nitrogen functional groups attached to an aromatic ring is 1. The molecule has 0 aromatic carbocycles. The summed E-state index contributed by atoms with van der Waals surface area (Å²) in [6, 6.07) is 0.261. The first kappa shape index (κ1) is 11.5. The summed E-state index contributed by atoms with van der Waals surface area (Å²) in [5, 5.41) is 4.50. The largest absolute Gasteiger partial charge is 0.376 e. The van der Waals surface area contributed by atoms with E-state index in [1.165, 1.54) is 0 Å². The Bertz CT molecular complexity index is 585. The number of ether oxygens (including phenoxy) is 1. The Morgan fingerprint density at radius 2 is 2.28 bits per heavy atom. The third-order valence-electron chi connectivity index (χ3n) is 3.74. The van der Waals surface area contributed by atoms with Crippen molar-refractivity contribution in [3.05, 3.63) is 5.69 Å². The van der Waals surface area contributed by atoms with Crippen LogP contribution in [0.1, 0.15) is 32.0 Å². The fourth-order valence-corrected chi connectivity index (χ4v) is 2.81. The summed E-state index contributed by atoms with van der Waals surface area (Å²) < 4.78 is 9.70. The van der Waals surface area contributed by atoms with Crippen LogP contribution in [0.3, 0.4) is 0 Å². The average Bonchev–Trinajstić information content (AvgIpc) is 2.96. The van der Waals surface area contributed by atoms with Crippen LogP contribution in [0.5, 0.6) is 0 Å². The van der Waals surface area contributed by atoms with Gasteiger partial charge < -0.3 is 10.5 Å². The van der Waals surface area contributed by atoms with Gasteiger partial charge in [0.1, 0.15) is 5.52 Å². The minimum atomic E-state index is 0.171. The third-order valence-corrected chi connectivity index (χ3v) is 3.74. The number of nitrogens with two attached hydrogens (primary N) is 1. The highest BCUT2D eigenvalue weighted by molar-refractivity contribution is 5.77. The molecule has 2 aromatic heterocycles. The molecule has 2 unspecified atom stereocenters. The van der Waals surface area contributed by atoms with Gasteiger partial charge in [-0.05, 0) is 27.2 Å². The highest BCUT2D eigenvalue weighted by Crippen LogP contribution is 2.32. The predicted molar refractivity (Wildman–Crippen MR) is 69.4 cm³/mol. The van der Waals surface area contributed by atoms with Crippen LogP contribution in [0, 0.1) is 6.92 Å².